The molecule has 0 radical (unpaired) electrons. The predicted octanol–water partition coefficient (Wildman–Crippen LogP) is 7.07. The average Bonchev–Trinajstić information content (AvgIpc) is 2.73. The zero-order chi connectivity index (χ0) is 19.3. The molecule has 0 bridgehead atoms. The normalized spacial score (nSPS) is 22.4. The average molecular weight is 387 g/mol. The summed E-state index contributed by atoms with van der Waals surface area (Å²) < 4.78 is 10.4. The first-order valence-electron chi connectivity index (χ1n) is 10.1. The molecule has 3 rings (SSSR count). The first-order valence-corrected chi connectivity index (χ1v) is 10.4. The maximum absolute atomic E-state index is 5.72. The molecule has 0 heterocycles. The van der Waals surface area contributed by atoms with Crippen LogP contribution in [0.2, 0.25) is 0 Å². The molecule has 0 spiro atoms. The third-order valence-electron chi connectivity index (χ3n) is 6.33. The molecule has 1 aliphatic rings. The van der Waals surface area contributed by atoms with E-state index in [-0.39, 0.29) is 0 Å². The monoisotopic (exact) mass is 386 g/mol. The van der Waals surface area contributed by atoms with Gasteiger partial charge in [-0.3, -0.25) is 4.29 Å². The van der Waals surface area contributed by atoms with Gasteiger partial charge in [-0.2, -0.15) is 0 Å². The lowest BCUT2D eigenvalue weighted by molar-refractivity contribution is -0.0142. The van der Waals surface area contributed by atoms with E-state index in [1.54, 1.807) is 7.11 Å². The Balaban J connectivity index is 1.71. The number of rotatable bonds is 7. The molecule has 1 aliphatic carbocycles. The number of methoxy groups -OCH3 is 1. The molecule has 0 amide bonds. The molecule has 0 saturated heterocycles. The van der Waals surface area contributed by atoms with Gasteiger partial charge in [0.2, 0.25) is 0 Å². The van der Waals surface area contributed by atoms with E-state index < -0.39 is 5.60 Å². The van der Waals surface area contributed by atoms with E-state index in [1.807, 2.05) is 0 Å². The summed E-state index contributed by atoms with van der Waals surface area (Å²) in [5.41, 5.74) is 4.73. The SMILES string of the molecule is COC(C)(CCOCl)c1ccc(-c2ccc(C3CCC(C)CC3)cc2)cc1. The Kier molecular flexibility index (Phi) is 6.97. The van der Waals surface area contributed by atoms with E-state index in [2.05, 4.69) is 62.4 Å². The standard InChI is InChI=1S/C24H31ClO2/c1-18-4-6-19(7-5-18)20-8-10-21(11-9-20)22-12-14-23(15-13-22)24(2,26-3)16-17-27-25/h8-15,18-19H,4-7,16-17H2,1-3H3. The number of hydrogen-bond acceptors (Lipinski definition) is 2. The lowest BCUT2D eigenvalue weighted by Gasteiger charge is -2.28. The summed E-state index contributed by atoms with van der Waals surface area (Å²) in [6, 6.07) is 17.8. The van der Waals surface area contributed by atoms with E-state index >= 15 is 0 Å². The van der Waals surface area contributed by atoms with Crippen LogP contribution in [0.15, 0.2) is 48.5 Å². The molecule has 146 valence electrons. The zero-order valence-corrected chi connectivity index (χ0v) is 17.5. The second-order valence-corrected chi connectivity index (χ2v) is 8.37. The van der Waals surface area contributed by atoms with Gasteiger partial charge in [-0.05, 0) is 53.9 Å². The Morgan fingerprint density at radius 2 is 1.48 bits per heavy atom. The highest BCUT2D eigenvalue weighted by molar-refractivity contribution is 6.07. The van der Waals surface area contributed by atoms with Crippen molar-refractivity contribution in [2.45, 2.75) is 57.5 Å². The van der Waals surface area contributed by atoms with Gasteiger partial charge in [0.05, 0.1) is 24.1 Å². The third-order valence-corrected chi connectivity index (χ3v) is 6.49. The lowest BCUT2D eigenvalue weighted by atomic mass is 9.79. The minimum atomic E-state index is -0.393. The highest BCUT2D eigenvalue weighted by Crippen LogP contribution is 2.36. The molecule has 1 unspecified atom stereocenters. The summed E-state index contributed by atoms with van der Waals surface area (Å²) in [6.45, 7) is 4.90. The van der Waals surface area contributed by atoms with Crippen molar-refractivity contribution >= 4 is 11.9 Å². The second kappa shape index (κ2) is 9.23. The fourth-order valence-corrected chi connectivity index (χ4v) is 4.23. The predicted molar refractivity (Wildman–Crippen MR) is 113 cm³/mol. The van der Waals surface area contributed by atoms with Gasteiger partial charge < -0.3 is 4.74 Å². The Morgan fingerprint density at radius 3 is 2.00 bits per heavy atom. The number of halogens is 1. The molecular formula is C24H31ClO2. The maximum atomic E-state index is 5.72. The molecule has 3 heteroatoms. The van der Waals surface area contributed by atoms with Gasteiger partial charge in [-0.1, -0.05) is 68.3 Å². The van der Waals surface area contributed by atoms with Crippen LogP contribution in [0.4, 0.5) is 0 Å². The van der Waals surface area contributed by atoms with Gasteiger partial charge in [0.1, 0.15) is 0 Å². The highest BCUT2D eigenvalue weighted by atomic mass is 35.5. The van der Waals surface area contributed by atoms with Crippen molar-refractivity contribution < 1.29 is 9.03 Å². The third kappa shape index (κ3) is 4.93. The fourth-order valence-electron chi connectivity index (χ4n) is 4.15. The van der Waals surface area contributed by atoms with Gasteiger partial charge in [0.25, 0.3) is 0 Å². The van der Waals surface area contributed by atoms with Crippen LogP contribution in [0.5, 0.6) is 0 Å². The largest absolute Gasteiger partial charge is 0.374 e. The minimum Gasteiger partial charge on any atom is -0.374 e. The summed E-state index contributed by atoms with van der Waals surface area (Å²) in [5, 5.41) is 0. The zero-order valence-electron chi connectivity index (χ0n) is 16.7. The number of benzene rings is 2. The Hall–Kier alpha value is -1.35. The van der Waals surface area contributed by atoms with Crippen LogP contribution in [-0.2, 0) is 14.6 Å². The van der Waals surface area contributed by atoms with Gasteiger partial charge in [-0.25, -0.2) is 0 Å². The lowest BCUT2D eigenvalue weighted by Crippen LogP contribution is -2.25. The summed E-state index contributed by atoms with van der Waals surface area (Å²) in [5.74, 6) is 1.64. The van der Waals surface area contributed by atoms with Crippen molar-refractivity contribution in [1.29, 1.82) is 0 Å². The van der Waals surface area contributed by atoms with Crippen molar-refractivity contribution in [1.82, 2.24) is 0 Å². The molecular weight excluding hydrogens is 356 g/mol. The van der Waals surface area contributed by atoms with Crippen molar-refractivity contribution in [3.8, 4) is 11.1 Å². The van der Waals surface area contributed by atoms with Gasteiger partial charge in [0.15, 0.2) is 0 Å². The number of ether oxygens (including phenoxy) is 1. The van der Waals surface area contributed by atoms with E-state index in [0.717, 1.165) is 17.4 Å². The Labute approximate surface area is 169 Å². The Morgan fingerprint density at radius 1 is 0.926 bits per heavy atom. The first-order chi connectivity index (χ1) is 13.1. The molecule has 2 nitrogen and oxygen atoms in total. The molecule has 27 heavy (non-hydrogen) atoms. The van der Waals surface area contributed by atoms with Gasteiger partial charge in [0, 0.05) is 13.5 Å². The molecule has 0 aromatic heterocycles. The van der Waals surface area contributed by atoms with E-state index in [4.69, 9.17) is 20.9 Å². The molecule has 1 atom stereocenters. The Bertz CT molecular complexity index is 702. The van der Waals surface area contributed by atoms with Crippen LogP contribution in [0.1, 0.15) is 63.0 Å². The fraction of sp³-hybridized carbons (Fsp3) is 0.500. The molecule has 2 aromatic carbocycles. The molecule has 0 N–H and O–H groups in total. The summed E-state index contributed by atoms with van der Waals surface area (Å²) in [6.07, 6.45) is 6.09. The first kappa shape index (κ1) is 20.4. The summed E-state index contributed by atoms with van der Waals surface area (Å²) in [4.78, 5) is 0. The minimum absolute atomic E-state index is 0.393. The molecule has 1 saturated carbocycles. The number of hydrogen-bond donors (Lipinski definition) is 0. The van der Waals surface area contributed by atoms with Crippen LogP contribution in [0, 0.1) is 5.92 Å². The van der Waals surface area contributed by atoms with E-state index in [9.17, 15) is 0 Å². The maximum Gasteiger partial charge on any atom is 0.0922 e. The summed E-state index contributed by atoms with van der Waals surface area (Å²) >= 11 is 5.38. The van der Waals surface area contributed by atoms with Crippen molar-refractivity contribution in [2.24, 2.45) is 5.92 Å². The van der Waals surface area contributed by atoms with Crippen LogP contribution < -0.4 is 0 Å². The highest BCUT2D eigenvalue weighted by Gasteiger charge is 2.26. The summed E-state index contributed by atoms with van der Waals surface area (Å²) in [7, 11) is 1.73. The van der Waals surface area contributed by atoms with Gasteiger partial charge >= 0.3 is 0 Å². The van der Waals surface area contributed by atoms with Crippen molar-refractivity contribution in [3.05, 3.63) is 59.7 Å². The van der Waals surface area contributed by atoms with Crippen LogP contribution in [0.3, 0.4) is 0 Å². The quantitative estimate of drug-likeness (QED) is 0.506. The van der Waals surface area contributed by atoms with Crippen molar-refractivity contribution in [2.75, 3.05) is 13.7 Å². The second-order valence-electron chi connectivity index (χ2n) is 8.15. The van der Waals surface area contributed by atoms with Crippen LogP contribution in [0.25, 0.3) is 11.1 Å². The van der Waals surface area contributed by atoms with Crippen LogP contribution >= 0.6 is 11.9 Å². The molecule has 0 aliphatic heterocycles. The smallest absolute Gasteiger partial charge is 0.0922 e. The van der Waals surface area contributed by atoms with E-state index in [1.165, 1.54) is 42.4 Å². The van der Waals surface area contributed by atoms with Crippen molar-refractivity contribution in [3.63, 3.8) is 0 Å². The topological polar surface area (TPSA) is 18.5 Å². The van der Waals surface area contributed by atoms with Gasteiger partial charge in [-0.15, -0.1) is 0 Å². The molecule has 2 aromatic rings. The molecule has 1 fully saturated rings. The van der Waals surface area contributed by atoms with Crippen LogP contribution in [-0.4, -0.2) is 13.7 Å². The van der Waals surface area contributed by atoms with E-state index in [0.29, 0.717) is 13.0 Å².